The Bertz CT molecular complexity index is 563. The topological polar surface area (TPSA) is 48.1 Å². The monoisotopic (exact) mass is 276 g/mol. The first-order chi connectivity index (χ1) is 9.02. The van der Waals surface area contributed by atoms with Crippen molar-refractivity contribution in [2.75, 3.05) is 7.11 Å². The molecule has 1 aromatic heterocycles. The van der Waals surface area contributed by atoms with Crippen LogP contribution in [0.4, 0.5) is 0 Å². The minimum absolute atomic E-state index is 0.00504. The maximum atomic E-state index is 6.15. The fourth-order valence-corrected chi connectivity index (χ4v) is 2.86. The van der Waals surface area contributed by atoms with Crippen molar-refractivity contribution in [2.45, 2.75) is 26.8 Å². The highest BCUT2D eigenvalue weighted by Gasteiger charge is 2.16. The third kappa shape index (κ3) is 2.96. The summed E-state index contributed by atoms with van der Waals surface area (Å²) in [6, 6.07) is 6.11. The number of hydrogen-bond acceptors (Lipinski definition) is 4. The van der Waals surface area contributed by atoms with Crippen LogP contribution in [0.15, 0.2) is 23.6 Å². The highest BCUT2D eigenvalue weighted by atomic mass is 32.1. The third-order valence-corrected chi connectivity index (χ3v) is 4.10. The van der Waals surface area contributed by atoms with Gasteiger partial charge in [0.1, 0.15) is 10.8 Å². The van der Waals surface area contributed by atoms with Crippen LogP contribution in [-0.4, -0.2) is 12.1 Å². The van der Waals surface area contributed by atoms with E-state index in [4.69, 9.17) is 10.5 Å². The molecule has 0 fully saturated rings. The van der Waals surface area contributed by atoms with Crippen molar-refractivity contribution >= 4 is 11.3 Å². The standard InChI is InChI=1S/C15H20N2OS/c1-9(2)14(16)15-17-12(8-19-15)11-7-10(3)5-6-13(11)18-4/h5-9,14H,16H2,1-4H3. The molecule has 0 saturated carbocycles. The molecule has 0 spiro atoms. The van der Waals surface area contributed by atoms with Gasteiger partial charge >= 0.3 is 0 Å². The Morgan fingerprint density at radius 3 is 2.68 bits per heavy atom. The SMILES string of the molecule is COc1ccc(C)cc1-c1csc(C(N)C(C)C)n1. The van der Waals surface area contributed by atoms with Crippen molar-refractivity contribution in [3.63, 3.8) is 0 Å². The molecule has 2 aromatic rings. The maximum absolute atomic E-state index is 6.15. The first-order valence-corrected chi connectivity index (χ1v) is 7.27. The van der Waals surface area contributed by atoms with Crippen LogP contribution in [0.25, 0.3) is 11.3 Å². The molecule has 19 heavy (non-hydrogen) atoms. The summed E-state index contributed by atoms with van der Waals surface area (Å²) >= 11 is 1.61. The van der Waals surface area contributed by atoms with Gasteiger partial charge in [-0.25, -0.2) is 4.98 Å². The molecular weight excluding hydrogens is 256 g/mol. The molecule has 0 aliphatic rings. The number of nitrogens with two attached hydrogens (primary N) is 1. The summed E-state index contributed by atoms with van der Waals surface area (Å²) in [5.41, 5.74) is 9.31. The quantitative estimate of drug-likeness (QED) is 0.924. The van der Waals surface area contributed by atoms with Crippen molar-refractivity contribution in [1.29, 1.82) is 0 Å². The fourth-order valence-electron chi connectivity index (χ4n) is 1.87. The largest absolute Gasteiger partial charge is 0.496 e. The lowest BCUT2D eigenvalue weighted by Crippen LogP contribution is -2.16. The Morgan fingerprint density at radius 2 is 2.05 bits per heavy atom. The minimum Gasteiger partial charge on any atom is -0.496 e. The van der Waals surface area contributed by atoms with Gasteiger partial charge in [0.15, 0.2) is 0 Å². The van der Waals surface area contributed by atoms with Crippen LogP contribution in [0.1, 0.15) is 30.5 Å². The van der Waals surface area contributed by atoms with Gasteiger partial charge in [-0.15, -0.1) is 11.3 Å². The number of hydrogen-bond donors (Lipinski definition) is 1. The Balaban J connectivity index is 2.40. The van der Waals surface area contributed by atoms with E-state index in [2.05, 4.69) is 37.2 Å². The van der Waals surface area contributed by atoms with Crippen LogP contribution in [0.2, 0.25) is 0 Å². The van der Waals surface area contributed by atoms with Crippen molar-refractivity contribution in [3.8, 4) is 17.0 Å². The number of nitrogens with zero attached hydrogens (tertiary/aromatic N) is 1. The van der Waals surface area contributed by atoms with Crippen LogP contribution < -0.4 is 10.5 Å². The van der Waals surface area contributed by atoms with Gasteiger partial charge in [0.25, 0.3) is 0 Å². The molecule has 1 aromatic carbocycles. The molecule has 2 rings (SSSR count). The zero-order chi connectivity index (χ0) is 14.0. The molecule has 0 bridgehead atoms. The fraction of sp³-hybridized carbons (Fsp3) is 0.400. The molecule has 4 heteroatoms. The molecule has 1 unspecified atom stereocenters. The Hall–Kier alpha value is -1.39. The summed E-state index contributed by atoms with van der Waals surface area (Å²) in [6.07, 6.45) is 0. The van der Waals surface area contributed by atoms with Gasteiger partial charge in [-0.3, -0.25) is 0 Å². The van der Waals surface area contributed by atoms with E-state index < -0.39 is 0 Å². The van der Waals surface area contributed by atoms with E-state index in [0.717, 1.165) is 22.0 Å². The predicted molar refractivity (Wildman–Crippen MR) is 80.6 cm³/mol. The predicted octanol–water partition coefficient (Wildman–Crippen LogP) is 3.78. The van der Waals surface area contributed by atoms with Crippen LogP contribution in [0, 0.1) is 12.8 Å². The second-order valence-electron chi connectivity index (χ2n) is 5.04. The number of thiazole rings is 1. The van der Waals surface area contributed by atoms with Crippen molar-refractivity contribution in [1.82, 2.24) is 4.98 Å². The molecule has 102 valence electrons. The molecule has 0 aliphatic carbocycles. The van der Waals surface area contributed by atoms with Gasteiger partial charge in [-0.05, 0) is 25.0 Å². The first-order valence-electron chi connectivity index (χ1n) is 6.39. The Labute approximate surface area is 118 Å². The summed E-state index contributed by atoms with van der Waals surface area (Å²) in [5.74, 6) is 1.24. The lowest BCUT2D eigenvalue weighted by molar-refractivity contribution is 0.416. The number of aromatic nitrogens is 1. The number of aryl methyl sites for hydroxylation is 1. The summed E-state index contributed by atoms with van der Waals surface area (Å²) in [5, 5.41) is 3.03. The molecule has 1 atom stereocenters. The van der Waals surface area contributed by atoms with Gasteiger partial charge in [0, 0.05) is 10.9 Å². The van der Waals surface area contributed by atoms with Gasteiger partial charge < -0.3 is 10.5 Å². The van der Waals surface area contributed by atoms with Crippen molar-refractivity contribution in [2.24, 2.45) is 11.7 Å². The normalized spacial score (nSPS) is 12.7. The summed E-state index contributed by atoms with van der Waals surface area (Å²) in [7, 11) is 1.68. The summed E-state index contributed by atoms with van der Waals surface area (Å²) < 4.78 is 5.41. The second kappa shape index (κ2) is 5.72. The molecule has 1 heterocycles. The average molecular weight is 276 g/mol. The van der Waals surface area contributed by atoms with E-state index in [1.807, 2.05) is 12.1 Å². The zero-order valence-electron chi connectivity index (χ0n) is 11.8. The molecule has 0 saturated heterocycles. The Morgan fingerprint density at radius 1 is 1.32 bits per heavy atom. The van der Waals surface area contributed by atoms with E-state index in [0.29, 0.717) is 5.92 Å². The van der Waals surface area contributed by atoms with Crippen LogP contribution in [0.5, 0.6) is 5.75 Å². The molecular formula is C15H20N2OS. The zero-order valence-corrected chi connectivity index (χ0v) is 12.6. The third-order valence-electron chi connectivity index (χ3n) is 3.16. The second-order valence-corrected chi connectivity index (χ2v) is 5.93. The number of methoxy groups -OCH3 is 1. The molecule has 0 aliphatic heterocycles. The minimum atomic E-state index is -0.00504. The molecule has 0 amide bonds. The number of rotatable bonds is 4. The maximum Gasteiger partial charge on any atom is 0.128 e. The highest BCUT2D eigenvalue weighted by Crippen LogP contribution is 2.33. The van der Waals surface area contributed by atoms with E-state index in [1.54, 1.807) is 18.4 Å². The van der Waals surface area contributed by atoms with Gasteiger partial charge in [-0.2, -0.15) is 0 Å². The number of ether oxygens (including phenoxy) is 1. The molecule has 0 radical (unpaired) electrons. The number of benzene rings is 1. The highest BCUT2D eigenvalue weighted by molar-refractivity contribution is 7.10. The van der Waals surface area contributed by atoms with E-state index in [9.17, 15) is 0 Å². The molecule has 3 nitrogen and oxygen atoms in total. The van der Waals surface area contributed by atoms with Crippen LogP contribution in [-0.2, 0) is 0 Å². The summed E-state index contributed by atoms with van der Waals surface area (Å²) in [6.45, 7) is 6.29. The lowest BCUT2D eigenvalue weighted by Gasteiger charge is -2.12. The lowest BCUT2D eigenvalue weighted by atomic mass is 10.1. The van der Waals surface area contributed by atoms with Gasteiger partial charge in [-0.1, -0.05) is 25.5 Å². The Kier molecular flexibility index (Phi) is 4.22. The van der Waals surface area contributed by atoms with Crippen LogP contribution >= 0.6 is 11.3 Å². The smallest absolute Gasteiger partial charge is 0.128 e. The van der Waals surface area contributed by atoms with E-state index >= 15 is 0 Å². The summed E-state index contributed by atoms with van der Waals surface area (Å²) in [4.78, 5) is 4.66. The molecule has 2 N–H and O–H groups in total. The van der Waals surface area contributed by atoms with Crippen molar-refractivity contribution < 1.29 is 4.74 Å². The van der Waals surface area contributed by atoms with E-state index in [1.165, 1.54) is 5.56 Å². The average Bonchev–Trinajstić information content (AvgIpc) is 2.87. The van der Waals surface area contributed by atoms with E-state index in [-0.39, 0.29) is 6.04 Å². The first kappa shape index (κ1) is 14.0. The van der Waals surface area contributed by atoms with Crippen molar-refractivity contribution in [3.05, 3.63) is 34.2 Å². The van der Waals surface area contributed by atoms with Gasteiger partial charge in [0.05, 0.1) is 18.8 Å². The van der Waals surface area contributed by atoms with Crippen LogP contribution in [0.3, 0.4) is 0 Å². The van der Waals surface area contributed by atoms with Gasteiger partial charge in [0.2, 0.25) is 0 Å².